The van der Waals surface area contributed by atoms with E-state index in [1.165, 1.54) is 0 Å². The lowest BCUT2D eigenvalue weighted by atomic mass is 10.2. The van der Waals surface area contributed by atoms with Crippen LogP contribution in [0.15, 0.2) is 28.7 Å². The number of halogens is 4. The van der Waals surface area contributed by atoms with Crippen LogP contribution in [0.1, 0.15) is 16.8 Å². The number of carboxylic acid groups (broad SMARTS) is 1. The molecule has 2 rings (SSSR count). The summed E-state index contributed by atoms with van der Waals surface area (Å²) in [6.45, 7) is 4.45. The summed E-state index contributed by atoms with van der Waals surface area (Å²) < 4.78 is 37.8. The fraction of sp³-hybridized carbons (Fsp3) is 0.526. The highest BCUT2D eigenvalue weighted by Crippen LogP contribution is 2.14. The van der Waals surface area contributed by atoms with Gasteiger partial charge >= 0.3 is 12.1 Å². The van der Waals surface area contributed by atoms with Gasteiger partial charge in [-0.15, -0.1) is 0 Å². The first kappa shape index (κ1) is 26.9. The van der Waals surface area contributed by atoms with Gasteiger partial charge in [0, 0.05) is 62.8 Å². The predicted molar refractivity (Wildman–Crippen MR) is 110 cm³/mol. The molecule has 1 saturated heterocycles. The molecule has 1 aromatic carbocycles. The zero-order valence-corrected chi connectivity index (χ0v) is 18.5. The normalized spacial score (nSPS) is 13.8. The van der Waals surface area contributed by atoms with Crippen molar-refractivity contribution in [3.63, 3.8) is 0 Å². The molecule has 1 aromatic rings. The molecular formula is C19H25BrF3N3O5. The van der Waals surface area contributed by atoms with Crippen LogP contribution in [0.3, 0.4) is 0 Å². The number of carbonyl (C=O) groups is 3. The fourth-order valence-electron chi connectivity index (χ4n) is 2.59. The number of methoxy groups -OCH3 is 1. The molecular weight excluding hydrogens is 487 g/mol. The highest BCUT2D eigenvalue weighted by atomic mass is 79.9. The van der Waals surface area contributed by atoms with E-state index in [1.807, 2.05) is 17.0 Å². The number of piperazine rings is 1. The predicted octanol–water partition coefficient (Wildman–Crippen LogP) is 1.99. The third-order valence-corrected chi connectivity index (χ3v) is 4.78. The fourth-order valence-corrected chi connectivity index (χ4v) is 2.86. The molecule has 0 saturated carbocycles. The number of aliphatic carboxylic acids is 1. The first-order valence-electron chi connectivity index (χ1n) is 9.38. The van der Waals surface area contributed by atoms with Crippen LogP contribution in [0.2, 0.25) is 0 Å². The molecule has 31 heavy (non-hydrogen) atoms. The summed E-state index contributed by atoms with van der Waals surface area (Å²) in [5, 5.41) is 10.4. The number of alkyl halides is 3. The molecule has 0 unspecified atom stereocenters. The van der Waals surface area contributed by atoms with Crippen molar-refractivity contribution < 1.29 is 37.4 Å². The van der Waals surface area contributed by atoms with Crippen LogP contribution in [0.5, 0.6) is 0 Å². The van der Waals surface area contributed by atoms with Crippen LogP contribution in [-0.4, -0.2) is 91.9 Å². The molecule has 2 amide bonds. The molecule has 0 aliphatic carbocycles. The van der Waals surface area contributed by atoms with Gasteiger partial charge < -0.3 is 25.0 Å². The van der Waals surface area contributed by atoms with E-state index in [0.29, 0.717) is 31.7 Å². The molecule has 1 heterocycles. The highest BCUT2D eigenvalue weighted by Gasteiger charge is 2.38. The van der Waals surface area contributed by atoms with Crippen LogP contribution in [-0.2, 0) is 14.3 Å². The van der Waals surface area contributed by atoms with Crippen molar-refractivity contribution in [2.45, 2.75) is 12.6 Å². The molecule has 0 atom stereocenters. The highest BCUT2D eigenvalue weighted by molar-refractivity contribution is 9.10. The Kier molecular flexibility index (Phi) is 11.5. The summed E-state index contributed by atoms with van der Waals surface area (Å²) in [6.07, 6.45) is -4.74. The number of amides is 2. The molecule has 174 valence electrons. The van der Waals surface area contributed by atoms with Crippen molar-refractivity contribution in [3.05, 3.63) is 34.3 Å². The third-order valence-electron chi connectivity index (χ3n) is 4.25. The van der Waals surface area contributed by atoms with Crippen LogP contribution >= 0.6 is 15.9 Å². The topological polar surface area (TPSA) is 99.2 Å². The Bertz CT molecular complexity index is 725. The van der Waals surface area contributed by atoms with E-state index >= 15 is 0 Å². The van der Waals surface area contributed by atoms with Crippen LogP contribution < -0.4 is 5.32 Å². The number of hydrogen-bond acceptors (Lipinski definition) is 5. The molecule has 0 spiro atoms. The van der Waals surface area contributed by atoms with E-state index in [-0.39, 0.29) is 11.8 Å². The van der Waals surface area contributed by atoms with E-state index in [2.05, 4.69) is 21.2 Å². The zero-order valence-electron chi connectivity index (χ0n) is 17.0. The van der Waals surface area contributed by atoms with E-state index < -0.39 is 12.1 Å². The second-order valence-electron chi connectivity index (χ2n) is 6.48. The number of benzene rings is 1. The van der Waals surface area contributed by atoms with Gasteiger partial charge in [0.05, 0.1) is 6.61 Å². The molecule has 0 radical (unpaired) electrons. The lowest BCUT2D eigenvalue weighted by Gasteiger charge is -2.29. The van der Waals surface area contributed by atoms with Crippen molar-refractivity contribution in [2.24, 2.45) is 0 Å². The van der Waals surface area contributed by atoms with Crippen LogP contribution in [0.25, 0.3) is 0 Å². The minimum atomic E-state index is -5.08. The number of nitrogens with zero attached hydrogens (tertiary/aromatic N) is 2. The number of hydrogen-bond donors (Lipinski definition) is 2. The van der Waals surface area contributed by atoms with Gasteiger partial charge in [0.2, 0.25) is 5.91 Å². The number of carboxylic acids is 1. The number of rotatable bonds is 7. The average Bonchev–Trinajstić information content (AvgIpc) is 2.74. The Morgan fingerprint density at radius 1 is 1.16 bits per heavy atom. The lowest BCUT2D eigenvalue weighted by molar-refractivity contribution is -0.192. The van der Waals surface area contributed by atoms with Crippen molar-refractivity contribution in [1.82, 2.24) is 15.1 Å². The first-order chi connectivity index (χ1) is 14.6. The molecule has 2 N–H and O–H groups in total. The Morgan fingerprint density at radius 3 is 2.19 bits per heavy atom. The maximum Gasteiger partial charge on any atom is 0.490 e. The number of nitrogens with one attached hydrogen (secondary N) is 1. The molecule has 8 nitrogen and oxygen atoms in total. The molecule has 1 aliphatic heterocycles. The summed E-state index contributed by atoms with van der Waals surface area (Å²) in [7, 11) is 1.61. The van der Waals surface area contributed by atoms with Gasteiger partial charge in [0.1, 0.15) is 0 Å². The van der Waals surface area contributed by atoms with Gasteiger partial charge in [-0.05, 0) is 24.3 Å². The van der Waals surface area contributed by atoms with Crippen molar-refractivity contribution in [3.8, 4) is 0 Å². The number of carbonyl (C=O) groups excluding carboxylic acids is 2. The van der Waals surface area contributed by atoms with Crippen LogP contribution in [0.4, 0.5) is 13.2 Å². The summed E-state index contributed by atoms with van der Waals surface area (Å²) in [4.78, 5) is 37.4. The summed E-state index contributed by atoms with van der Waals surface area (Å²) in [5.74, 6) is -2.73. The maximum atomic E-state index is 12.7. The first-order valence-corrected chi connectivity index (χ1v) is 10.2. The van der Waals surface area contributed by atoms with Gasteiger partial charge in [-0.1, -0.05) is 15.9 Å². The van der Waals surface area contributed by atoms with Crippen molar-refractivity contribution in [2.75, 3.05) is 53.0 Å². The molecule has 0 aromatic heterocycles. The second-order valence-corrected chi connectivity index (χ2v) is 7.39. The van der Waals surface area contributed by atoms with Crippen LogP contribution in [0, 0.1) is 0 Å². The average molecular weight is 512 g/mol. The van der Waals surface area contributed by atoms with E-state index in [0.717, 1.165) is 30.7 Å². The van der Waals surface area contributed by atoms with E-state index in [4.69, 9.17) is 14.6 Å². The molecule has 12 heteroatoms. The summed E-state index contributed by atoms with van der Waals surface area (Å²) >= 11 is 3.37. The Morgan fingerprint density at radius 2 is 1.71 bits per heavy atom. The van der Waals surface area contributed by atoms with Gasteiger partial charge in [-0.2, -0.15) is 13.2 Å². The monoisotopic (exact) mass is 511 g/mol. The number of ether oxygens (including phenoxy) is 1. The molecule has 0 bridgehead atoms. The van der Waals surface area contributed by atoms with Gasteiger partial charge in [0.15, 0.2) is 0 Å². The SMILES string of the molecule is COCCN(CCC(=O)N1CCNCC1)C(=O)c1ccc(Br)cc1.O=C(O)C(F)(F)F. The van der Waals surface area contributed by atoms with Gasteiger partial charge in [-0.25, -0.2) is 4.79 Å². The Balaban J connectivity index is 0.000000592. The smallest absolute Gasteiger partial charge is 0.475 e. The standard InChI is InChI=1S/C17H24BrN3O3.C2HF3O2/c1-24-13-12-21(17(23)14-2-4-15(18)5-3-14)9-6-16(22)20-10-7-19-8-11-20;3-2(4,5)1(6)7/h2-5,19H,6-13H2,1H3;(H,6,7). The maximum absolute atomic E-state index is 12.7. The summed E-state index contributed by atoms with van der Waals surface area (Å²) in [6, 6.07) is 7.25. The lowest BCUT2D eigenvalue weighted by Crippen LogP contribution is -2.47. The summed E-state index contributed by atoms with van der Waals surface area (Å²) in [5.41, 5.74) is 0.615. The second kappa shape index (κ2) is 13.3. The minimum absolute atomic E-state index is 0.0762. The minimum Gasteiger partial charge on any atom is -0.475 e. The van der Waals surface area contributed by atoms with Crippen molar-refractivity contribution in [1.29, 1.82) is 0 Å². The Labute approximate surface area is 186 Å². The van der Waals surface area contributed by atoms with E-state index in [9.17, 15) is 22.8 Å². The quantitative estimate of drug-likeness (QED) is 0.580. The zero-order chi connectivity index (χ0) is 23.4. The molecule has 1 fully saturated rings. The van der Waals surface area contributed by atoms with E-state index in [1.54, 1.807) is 24.1 Å². The van der Waals surface area contributed by atoms with Crippen molar-refractivity contribution >= 4 is 33.7 Å². The van der Waals surface area contributed by atoms with Gasteiger partial charge in [0.25, 0.3) is 5.91 Å². The third kappa shape index (κ3) is 10.1. The molecule has 1 aliphatic rings. The Hall–Kier alpha value is -2.18. The van der Waals surface area contributed by atoms with Gasteiger partial charge in [-0.3, -0.25) is 9.59 Å². The largest absolute Gasteiger partial charge is 0.490 e.